The van der Waals surface area contributed by atoms with E-state index >= 15 is 0 Å². The van der Waals surface area contributed by atoms with Gasteiger partial charge in [-0.2, -0.15) is 8.42 Å². The van der Waals surface area contributed by atoms with E-state index in [4.69, 9.17) is 8.92 Å². The molecule has 9 heteroatoms. The van der Waals surface area contributed by atoms with E-state index in [-0.39, 0.29) is 28.7 Å². The minimum atomic E-state index is -4.19. The van der Waals surface area contributed by atoms with Crippen LogP contribution in [0.5, 0.6) is 11.5 Å². The summed E-state index contributed by atoms with van der Waals surface area (Å²) < 4.78 is 35.8. The van der Waals surface area contributed by atoms with Crippen molar-refractivity contribution in [2.24, 2.45) is 0 Å². The number of rotatable bonds is 9. The predicted molar refractivity (Wildman–Crippen MR) is 103 cm³/mol. The standard InChI is InChI=1S/C19H22N2O6S/c1-3-20-18(22)13-21-19(23)14-8-7-9-15(12-14)28(24,25)27-17-11-6-5-10-16(17)26-4-2/h5-12H,3-4,13H2,1-2H3,(H,20,22)(H,21,23). The lowest BCUT2D eigenvalue weighted by atomic mass is 10.2. The Labute approximate surface area is 164 Å². The van der Waals surface area contributed by atoms with Crippen molar-refractivity contribution in [3.8, 4) is 11.5 Å². The lowest BCUT2D eigenvalue weighted by Crippen LogP contribution is -2.36. The first-order valence-corrected chi connectivity index (χ1v) is 10.1. The third-order valence-corrected chi connectivity index (χ3v) is 4.75. The highest BCUT2D eigenvalue weighted by Crippen LogP contribution is 2.29. The molecule has 0 fully saturated rings. The average molecular weight is 406 g/mol. The molecule has 0 spiro atoms. The first-order chi connectivity index (χ1) is 13.4. The van der Waals surface area contributed by atoms with Crippen LogP contribution in [0.4, 0.5) is 0 Å². The highest BCUT2D eigenvalue weighted by molar-refractivity contribution is 7.87. The molecule has 0 unspecified atom stereocenters. The highest BCUT2D eigenvalue weighted by atomic mass is 32.2. The van der Waals surface area contributed by atoms with Crippen LogP contribution >= 0.6 is 0 Å². The predicted octanol–water partition coefficient (Wildman–Crippen LogP) is 1.72. The van der Waals surface area contributed by atoms with Crippen molar-refractivity contribution in [3.63, 3.8) is 0 Å². The van der Waals surface area contributed by atoms with Gasteiger partial charge in [0.15, 0.2) is 11.5 Å². The number of carbonyl (C=O) groups excluding carboxylic acids is 2. The van der Waals surface area contributed by atoms with Gasteiger partial charge in [-0.15, -0.1) is 0 Å². The number of para-hydroxylation sites is 2. The van der Waals surface area contributed by atoms with Crippen LogP contribution in [0, 0.1) is 0 Å². The zero-order chi connectivity index (χ0) is 20.6. The number of ether oxygens (including phenoxy) is 1. The SMILES string of the molecule is CCNC(=O)CNC(=O)c1cccc(S(=O)(=O)Oc2ccccc2OCC)c1. The zero-order valence-corrected chi connectivity index (χ0v) is 16.4. The molecule has 0 saturated carbocycles. The van der Waals surface area contributed by atoms with Gasteiger partial charge in [0.2, 0.25) is 5.91 Å². The number of carbonyl (C=O) groups is 2. The van der Waals surface area contributed by atoms with E-state index in [1.165, 1.54) is 30.3 Å². The average Bonchev–Trinajstić information content (AvgIpc) is 2.68. The molecule has 8 nitrogen and oxygen atoms in total. The third-order valence-electron chi connectivity index (χ3n) is 3.52. The Balaban J connectivity index is 2.18. The van der Waals surface area contributed by atoms with Gasteiger partial charge in [-0.25, -0.2) is 0 Å². The molecule has 2 N–H and O–H groups in total. The molecule has 28 heavy (non-hydrogen) atoms. The summed E-state index contributed by atoms with van der Waals surface area (Å²) in [6, 6.07) is 11.8. The monoisotopic (exact) mass is 406 g/mol. The van der Waals surface area contributed by atoms with Crippen molar-refractivity contribution >= 4 is 21.9 Å². The van der Waals surface area contributed by atoms with Gasteiger partial charge >= 0.3 is 10.1 Å². The van der Waals surface area contributed by atoms with Crippen LogP contribution in [0.1, 0.15) is 24.2 Å². The fraction of sp³-hybridized carbons (Fsp3) is 0.263. The minimum absolute atomic E-state index is 0.0513. The summed E-state index contributed by atoms with van der Waals surface area (Å²) in [7, 11) is -4.19. The van der Waals surface area contributed by atoms with Gasteiger partial charge in [-0.05, 0) is 44.2 Å². The maximum Gasteiger partial charge on any atom is 0.339 e. The summed E-state index contributed by atoms with van der Waals surface area (Å²) in [6.07, 6.45) is 0. The molecular formula is C19H22N2O6S. The van der Waals surface area contributed by atoms with Crippen LogP contribution in [0.15, 0.2) is 53.4 Å². The molecule has 0 saturated heterocycles. The molecule has 2 rings (SSSR count). The van der Waals surface area contributed by atoms with Gasteiger partial charge < -0.3 is 19.6 Å². The molecule has 0 bridgehead atoms. The molecule has 0 heterocycles. The quantitative estimate of drug-likeness (QED) is 0.614. The first-order valence-electron chi connectivity index (χ1n) is 8.68. The molecule has 0 aliphatic heterocycles. The number of hydrogen-bond acceptors (Lipinski definition) is 6. The summed E-state index contributed by atoms with van der Waals surface area (Å²) >= 11 is 0. The minimum Gasteiger partial charge on any atom is -0.490 e. The molecular weight excluding hydrogens is 384 g/mol. The molecule has 0 aliphatic rings. The molecule has 0 atom stereocenters. The number of likely N-dealkylation sites (N-methyl/N-ethyl adjacent to an activating group) is 1. The number of amides is 2. The summed E-state index contributed by atoms with van der Waals surface area (Å²) in [5.41, 5.74) is 0.0899. The maximum absolute atomic E-state index is 12.6. The van der Waals surface area contributed by atoms with Crippen LogP contribution in [-0.4, -0.2) is 39.9 Å². The third kappa shape index (κ3) is 5.71. The van der Waals surface area contributed by atoms with Crippen molar-refractivity contribution in [2.45, 2.75) is 18.7 Å². The lowest BCUT2D eigenvalue weighted by Gasteiger charge is -2.12. The molecule has 150 valence electrons. The second-order valence-electron chi connectivity index (χ2n) is 5.58. The van der Waals surface area contributed by atoms with Gasteiger partial charge in [0, 0.05) is 12.1 Å². The Morgan fingerprint density at radius 1 is 0.964 bits per heavy atom. The fourth-order valence-electron chi connectivity index (χ4n) is 2.28. The highest BCUT2D eigenvalue weighted by Gasteiger charge is 2.20. The zero-order valence-electron chi connectivity index (χ0n) is 15.6. The number of benzene rings is 2. The molecule has 0 aliphatic carbocycles. The largest absolute Gasteiger partial charge is 0.490 e. The van der Waals surface area contributed by atoms with Gasteiger partial charge in [-0.3, -0.25) is 9.59 Å². The Bertz CT molecular complexity index is 943. The summed E-state index contributed by atoms with van der Waals surface area (Å²) in [5, 5.41) is 4.98. The van der Waals surface area contributed by atoms with E-state index in [0.717, 1.165) is 0 Å². The van der Waals surface area contributed by atoms with E-state index < -0.39 is 16.0 Å². The second-order valence-corrected chi connectivity index (χ2v) is 7.13. The van der Waals surface area contributed by atoms with E-state index in [9.17, 15) is 18.0 Å². The lowest BCUT2D eigenvalue weighted by molar-refractivity contribution is -0.120. The van der Waals surface area contributed by atoms with Gasteiger partial charge in [0.25, 0.3) is 5.91 Å². The second kappa shape index (κ2) is 9.75. The van der Waals surface area contributed by atoms with Crippen LogP contribution in [-0.2, 0) is 14.9 Å². The molecule has 0 aromatic heterocycles. The molecule has 0 radical (unpaired) electrons. The van der Waals surface area contributed by atoms with Crippen molar-refractivity contribution in [1.29, 1.82) is 0 Å². The number of nitrogens with one attached hydrogen (secondary N) is 2. The fourth-order valence-corrected chi connectivity index (χ4v) is 3.26. The van der Waals surface area contributed by atoms with Gasteiger partial charge in [0.1, 0.15) is 4.90 Å². The Morgan fingerprint density at radius 3 is 2.36 bits per heavy atom. The van der Waals surface area contributed by atoms with Crippen LogP contribution in [0.2, 0.25) is 0 Å². The van der Waals surface area contributed by atoms with Crippen molar-refractivity contribution in [2.75, 3.05) is 19.7 Å². The molecule has 2 aromatic rings. The van der Waals surface area contributed by atoms with Crippen molar-refractivity contribution in [3.05, 3.63) is 54.1 Å². The summed E-state index contributed by atoms with van der Waals surface area (Å²) in [4.78, 5) is 23.4. The summed E-state index contributed by atoms with van der Waals surface area (Å²) in [5.74, 6) is -0.562. The van der Waals surface area contributed by atoms with Crippen LogP contribution < -0.4 is 19.6 Å². The van der Waals surface area contributed by atoms with Crippen molar-refractivity contribution in [1.82, 2.24) is 10.6 Å². The first kappa shape index (κ1) is 21.2. The Hall–Kier alpha value is -3.07. The van der Waals surface area contributed by atoms with Crippen LogP contribution in [0.25, 0.3) is 0 Å². The normalized spacial score (nSPS) is 10.8. The molecule has 2 aromatic carbocycles. The van der Waals surface area contributed by atoms with E-state index in [0.29, 0.717) is 18.9 Å². The topological polar surface area (TPSA) is 111 Å². The van der Waals surface area contributed by atoms with Gasteiger partial charge in [0.05, 0.1) is 13.2 Å². The van der Waals surface area contributed by atoms with Crippen LogP contribution in [0.3, 0.4) is 0 Å². The Morgan fingerprint density at radius 2 is 1.68 bits per heavy atom. The molecule has 2 amide bonds. The van der Waals surface area contributed by atoms with E-state index in [1.807, 2.05) is 0 Å². The Kier molecular flexibility index (Phi) is 7.39. The summed E-state index contributed by atoms with van der Waals surface area (Å²) in [6.45, 7) is 4.12. The smallest absolute Gasteiger partial charge is 0.339 e. The number of hydrogen-bond donors (Lipinski definition) is 2. The van der Waals surface area contributed by atoms with E-state index in [2.05, 4.69) is 10.6 Å². The van der Waals surface area contributed by atoms with E-state index in [1.54, 1.807) is 32.0 Å². The van der Waals surface area contributed by atoms with Crippen molar-refractivity contribution < 1.29 is 26.9 Å². The maximum atomic E-state index is 12.6. The van der Waals surface area contributed by atoms with Gasteiger partial charge in [-0.1, -0.05) is 18.2 Å².